The summed E-state index contributed by atoms with van der Waals surface area (Å²) in [5.74, 6) is -0.338. The Kier molecular flexibility index (Phi) is 4.22. The maximum absolute atomic E-state index is 12.7. The van der Waals surface area contributed by atoms with Gasteiger partial charge in [0.25, 0.3) is 0 Å². The average Bonchev–Trinajstić information content (AvgIpc) is 3.32. The third-order valence-electron chi connectivity index (χ3n) is 6.59. The van der Waals surface area contributed by atoms with Gasteiger partial charge in [0.2, 0.25) is 0 Å². The number of pyridine rings is 1. The summed E-state index contributed by atoms with van der Waals surface area (Å²) in [5.41, 5.74) is 4.60. The van der Waals surface area contributed by atoms with E-state index in [1.54, 1.807) is 6.20 Å². The maximum atomic E-state index is 12.7. The second kappa shape index (κ2) is 6.58. The summed E-state index contributed by atoms with van der Waals surface area (Å²) in [6, 6.07) is 5.42. The number of H-pyrrole nitrogens is 1. The highest BCUT2D eigenvalue weighted by Crippen LogP contribution is 2.51. The van der Waals surface area contributed by atoms with Crippen LogP contribution in [-0.2, 0) is 12.8 Å². The van der Waals surface area contributed by atoms with Gasteiger partial charge < -0.3 is 14.4 Å². The van der Waals surface area contributed by atoms with Crippen molar-refractivity contribution in [3.63, 3.8) is 0 Å². The molecule has 2 aliphatic rings. The molecule has 0 radical (unpaired) electrons. The lowest BCUT2D eigenvalue weighted by Gasteiger charge is -2.39. The maximum Gasteiger partial charge on any atom is 0.341 e. The molecule has 7 nitrogen and oxygen atoms in total. The molecular weight excluding hydrogens is 406 g/mol. The normalized spacial score (nSPS) is 18.5. The van der Waals surface area contributed by atoms with Crippen molar-refractivity contribution >= 4 is 5.97 Å². The first-order valence-electron chi connectivity index (χ1n) is 10.8. The molecule has 2 aromatic heterocycles. The molecule has 2 aliphatic heterocycles. The van der Waals surface area contributed by atoms with Gasteiger partial charge in [0, 0.05) is 47.6 Å². The second-order valence-corrected chi connectivity index (χ2v) is 10.5. The fourth-order valence-corrected chi connectivity index (χ4v) is 5.07. The van der Waals surface area contributed by atoms with Crippen LogP contribution in [0.5, 0.6) is 5.75 Å². The lowest BCUT2D eigenvalue weighted by atomic mass is 9.76. The minimum absolute atomic E-state index is 0.00508. The number of hydrogen-bond donors (Lipinski definition) is 2. The molecule has 0 bridgehead atoms. The van der Waals surface area contributed by atoms with Crippen LogP contribution < -0.4 is 10.2 Å². The molecule has 5 rings (SSSR count). The third kappa shape index (κ3) is 3.06. The van der Waals surface area contributed by atoms with Crippen molar-refractivity contribution in [2.75, 3.05) is 0 Å². The molecule has 1 atom stereocenters. The van der Waals surface area contributed by atoms with Crippen molar-refractivity contribution in [1.82, 2.24) is 14.8 Å². The van der Waals surface area contributed by atoms with Crippen molar-refractivity contribution in [3.8, 4) is 28.3 Å². The Morgan fingerprint density at radius 2 is 2.00 bits per heavy atom. The zero-order chi connectivity index (χ0) is 23.0. The summed E-state index contributed by atoms with van der Waals surface area (Å²) < 4.78 is 8.39. The fraction of sp³-hybridized carbons (Fsp3) is 0.400. The van der Waals surface area contributed by atoms with Crippen LogP contribution in [0.3, 0.4) is 0 Å². The summed E-state index contributed by atoms with van der Waals surface area (Å²) >= 11 is 0. The molecule has 0 fully saturated rings. The Bertz CT molecular complexity index is 1310. The predicted octanol–water partition coefficient (Wildman–Crippen LogP) is 4.46. The van der Waals surface area contributed by atoms with Gasteiger partial charge in [0.15, 0.2) is 5.43 Å². The van der Waals surface area contributed by atoms with Crippen LogP contribution in [0.1, 0.15) is 62.1 Å². The smallest absolute Gasteiger partial charge is 0.341 e. The molecule has 0 spiro atoms. The molecule has 3 aromatic rings. The molecule has 2 N–H and O–H groups in total. The zero-order valence-electron chi connectivity index (χ0n) is 18.9. The minimum Gasteiger partial charge on any atom is -0.487 e. The number of aromatic amines is 1. The largest absolute Gasteiger partial charge is 0.487 e. The highest BCUT2D eigenvalue weighted by atomic mass is 16.5. The first kappa shape index (κ1) is 20.5. The number of aromatic nitrogens is 3. The molecule has 166 valence electrons. The lowest BCUT2D eigenvalue weighted by molar-refractivity contribution is 0.0693. The number of nitrogens with zero attached hydrogens (tertiary/aromatic N) is 2. The molecule has 4 heterocycles. The molecule has 1 unspecified atom stereocenters. The van der Waals surface area contributed by atoms with Crippen molar-refractivity contribution < 1.29 is 14.6 Å². The molecule has 0 saturated heterocycles. The van der Waals surface area contributed by atoms with Gasteiger partial charge in [-0.2, -0.15) is 5.10 Å². The third-order valence-corrected chi connectivity index (χ3v) is 6.59. The molecule has 0 saturated carbocycles. The summed E-state index contributed by atoms with van der Waals surface area (Å²) in [6.45, 7) is 10.6. The molecule has 7 heteroatoms. The van der Waals surface area contributed by atoms with Gasteiger partial charge in [0.05, 0.1) is 11.4 Å². The van der Waals surface area contributed by atoms with Crippen LogP contribution in [-0.4, -0.2) is 31.4 Å². The van der Waals surface area contributed by atoms with Gasteiger partial charge in [-0.15, -0.1) is 0 Å². The number of aromatic carboxylic acids is 1. The van der Waals surface area contributed by atoms with Crippen LogP contribution in [0.4, 0.5) is 0 Å². The number of carboxylic acid groups (broad SMARTS) is 1. The topological polar surface area (TPSA) is 97.2 Å². The van der Waals surface area contributed by atoms with Crippen molar-refractivity contribution in [3.05, 3.63) is 57.5 Å². The molecule has 1 aromatic carbocycles. The number of rotatable bonds is 2. The number of ether oxygens (including phenoxy) is 1. The van der Waals surface area contributed by atoms with Crippen LogP contribution in [0.2, 0.25) is 0 Å². The van der Waals surface area contributed by atoms with E-state index in [-0.39, 0.29) is 22.6 Å². The number of carbonyl (C=O) groups is 1. The Hall–Kier alpha value is -3.35. The Morgan fingerprint density at radius 3 is 2.62 bits per heavy atom. The van der Waals surface area contributed by atoms with Crippen molar-refractivity contribution in [2.24, 2.45) is 5.41 Å². The Morgan fingerprint density at radius 1 is 1.25 bits per heavy atom. The van der Waals surface area contributed by atoms with E-state index < -0.39 is 11.4 Å². The summed E-state index contributed by atoms with van der Waals surface area (Å²) in [5, 5.41) is 16.7. The zero-order valence-corrected chi connectivity index (χ0v) is 18.9. The lowest BCUT2D eigenvalue weighted by Crippen LogP contribution is -2.33. The fourth-order valence-electron chi connectivity index (χ4n) is 5.07. The van der Waals surface area contributed by atoms with Gasteiger partial charge in [-0.25, -0.2) is 4.79 Å². The second-order valence-electron chi connectivity index (χ2n) is 10.5. The van der Waals surface area contributed by atoms with Gasteiger partial charge in [0.1, 0.15) is 16.9 Å². The first-order chi connectivity index (χ1) is 15.0. The van der Waals surface area contributed by atoms with E-state index in [9.17, 15) is 14.7 Å². The van der Waals surface area contributed by atoms with Gasteiger partial charge in [-0.05, 0) is 43.4 Å². The van der Waals surface area contributed by atoms with E-state index in [2.05, 4.69) is 44.8 Å². The van der Waals surface area contributed by atoms with E-state index in [0.717, 1.165) is 46.7 Å². The van der Waals surface area contributed by atoms with E-state index in [4.69, 9.17) is 4.74 Å². The number of nitrogens with one attached hydrogen (secondary N) is 1. The Labute approximate surface area is 186 Å². The van der Waals surface area contributed by atoms with Crippen LogP contribution >= 0.6 is 0 Å². The molecule has 32 heavy (non-hydrogen) atoms. The molecule has 0 aliphatic carbocycles. The number of hydrogen-bond acceptors (Lipinski definition) is 4. The van der Waals surface area contributed by atoms with Crippen LogP contribution in [0.15, 0.2) is 35.4 Å². The Balaban J connectivity index is 1.85. The molecular formula is C25H27N3O4. The first-order valence-corrected chi connectivity index (χ1v) is 10.8. The summed E-state index contributed by atoms with van der Waals surface area (Å²) in [7, 11) is 0. The average molecular weight is 434 g/mol. The van der Waals surface area contributed by atoms with E-state index >= 15 is 0 Å². The summed E-state index contributed by atoms with van der Waals surface area (Å²) in [6.07, 6.45) is 4.72. The van der Waals surface area contributed by atoms with Crippen molar-refractivity contribution in [1.29, 1.82) is 0 Å². The quantitative estimate of drug-likeness (QED) is 0.622. The van der Waals surface area contributed by atoms with Gasteiger partial charge >= 0.3 is 5.97 Å². The molecule has 0 amide bonds. The number of carboxylic acids is 1. The summed E-state index contributed by atoms with van der Waals surface area (Å²) in [4.78, 5) is 24.4. The standard InChI is InChI=1S/C25H27N3O4/c1-24(2,3)21-9-13-14(19-10-20(29)17(23(30)31)12-28(19)21)8-15(18-6-7-26-27-18)22-16(13)11-25(4,5)32-22/h6-8,10,12,21H,9,11H2,1-5H3,(H,26,27)(H,30,31). The van der Waals surface area contributed by atoms with Crippen molar-refractivity contribution in [2.45, 2.75) is 59.1 Å². The highest BCUT2D eigenvalue weighted by molar-refractivity contribution is 5.88. The minimum atomic E-state index is -1.20. The van der Waals surface area contributed by atoms with E-state index in [1.807, 2.05) is 16.7 Å². The number of benzene rings is 1. The van der Waals surface area contributed by atoms with Gasteiger partial charge in [-0.1, -0.05) is 20.8 Å². The van der Waals surface area contributed by atoms with E-state index in [0.29, 0.717) is 0 Å². The monoisotopic (exact) mass is 433 g/mol. The van der Waals surface area contributed by atoms with E-state index in [1.165, 1.54) is 17.8 Å². The predicted molar refractivity (Wildman–Crippen MR) is 121 cm³/mol. The van der Waals surface area contributed by atoms with Crippen LogP contribution in [0.25, 0.3) is 22.5 Å². The SMILES string of the molecule is CC1(C)Cc2c3c(cc(-c4ccn[nH]4)c2O1)-c1cc(=O)c(C(=O)O)cn1C(C(C)(C)C)C3. The van der Waals surface area contributed by atoms with Crippen LogP contribution in [0, 0.1) is 5.41 Å². The van der Waals surface area contributed by atoms with Gasteiger partial charge in [-0.3, -0.25) is 9.89 Å². The highest BCUT2D eigenvalue weighted by Gasteiger charge is 2.40. The number of fused-ring (bicyclic) bond motifs is 5.